The van der Waals surface area contributed by atoms with Crippen LogP contribution in [0.15, 0.2) is 11.6 Å². The molecule has 3 unspecified atom stereocenters. The van der Waals surface area contributed by atoms with E-state index in [0.717, 1.165) is 51.4 Å². The monoisotopic (exact) mass is 356 g/mol. The van der Waals surface area contributed by atoms with Crippen LogP contribution in [0.1, 0.15) is 72.1 Å². The van der Waals surface area contributed by atoms with Crippen molar-refractivity contribution in [1.29, 1.82) is 0 Å². The summed E-state index contributed by atoms with van der Waals surface area (Å²) in [7, 11) is 0. The van der Waals surface area contributed by atoms with Crippen molar-refractivity contribution in [2.24, 2.45) is 28.6 Å². The fourth-order valence-corrected chi connectivity index (χ4v) is 7.22. The van der Waals surface area contributed by atoms with Crippen LogP contribution in [-0.4, -0.2) is 22.8 Å². The summed E-state index contributed by atoms with van der Waals surface area (Å²) in [5, 5.41) is 11.1. The summed E-state index contributed by atoms with van der Waals surface area (Å²) < 4.78 is 5.51. The van der Waals surface area contributed by atoms with Gasteiger partial charge in [-0.1, -0.05) is 31.4 Å². The average Bonchev–Trinajstić information content (AvgIpc) is 2.87. The Labute approximate surface area is 157 Å². The molecule has 3 fully saturated rings. The van der Waals surface area contributed by atoms with E-state index in [1.165, 1.54) is 12.5 Å². The molecule has 0 aromatic rings. The highest BCUT2D eigenvalue weighted by Crippen LogP contribution is 2.67. The average molecular weight is 357 g/mol. The largest absolute Gasteiger partial charge is 0.462 e. The van der Waals surface area contributed by atoms with Crippen molar-refractivity contribution in [3.63, 3.8) is 0 Å². The molecule has 0 radical (unpaired) electrons. The van der Waals surface area contributed by atoms with Gasteiger partial charge in [-0.15, -0.1) is 6.42 Å². The Hall–Kier alpha value is -1.27. The number of terminal acetylenes is 1. The number of hydrogen-bond donors (Lipinski definition) is 1. The van der Waals surface area contributed by atoms with Gasteiger partial charge in [-0.2, -0.15) is 0 Å². The second kappa shape index (κ2) is 5.86. The molecule has 26 heavy (non-hydrogen) atoms. The Morgan fingerprint density at radius 2 is 1.96 bits per heavy atom. The summed E-state index contributed by atoms with van der Waals surface area (Å²) in [6, 6.07) is 0. The number of rotatable bonds is 1. The van der Waals surface area contributed by atoms with Gasteiger partial charge in [0.15, 0.2) is 0 Å². The maximum atomic E-state index is 11.3. The molecule has 3 saturated carbocycles. The molecule has 4 aliphatic carbocycles. The summed E-state index contributed by atoms with van der Waals surface area (Å²) in [4.78, 5) is 11.3. The van der Waals surface area contributed by atoms with Crippen molar-refractivity contribution in [3.05, 3.63) is 11.6 Å². The standard InChI is InChI=1S/C23H32O3/c1-5-23(25)13-10-20-18-7-6-16-14-17(26-15(2)24)8-11-21(16,3)19(18)9-12-22(20,23)4/h1,6,17-20,25H,7-14H2,2-4H3/t17-,18?,19?,20?,21-,22-,23-/m0/s1. The van der Waals surface area contributed by atoms with E-state index in [9.17, 15) is 9.90 Å². The molecule has 0 aliphatic heterocycles. The molecule has 4 rings (SSSR count). The van der Waals surface area contributed by atoms with Crippen molar-refractivity contribution in [2.75, 3.05) is 0 Å². The van der Waals surface area contributed by atoms with Crippen LogP contribution in [0.4, 0.5) is 0 Å². The molecule has 7 atom stereocenters. The molecule has 1 N–H and O–H groups in total. The molecule has 0 bridgehead atoms. The van der Waals surface area contributed by atoms with Gasteiger partial charge in [-0.05, 0) is 68.1 Å². The molecule has 3 heteroatoms. The van der Waals surface area contributed by atoms with Crippen molar-refractivity contribution >= 4 is 5.97 Å². The Bertz CT molecular complexity index is 688. The summed E-state index contributed by atoms with van der Waals surface area (Å²) in [6.45, 7) is 6.18. The molecule has 0 amide bonds. The summed E-state index contributed by atoms with van der Waals surface area (Å²) >= 11 is 0. The van der Waals surface area contributed by atoms with E-state index in [2.05, 4.69) is 25.8 Å². The zero-order chi connectivity index (χ0) is 18.7. The molecule has 3 nitrogen and oxygen atoms in total. The lowest BCUT2D eigenvalue weighted by atomic mass is 9.47. The van der Waals surface area contributed by atoms with Crippen LogP contribution in [0.3, 0.4) is 0 Å². The summed E-state index contributed by atoms with van der Waals surface area (Å²) in [5.74, 6) is 4.39. The van der Waals surface area contributed by atoms with E-state index in [1.807, 2.05) is 0 Å². The third-order valence-electron chi connectivity index (χ3n) is 8.78. The van der Waals surface area contributed by atoms with Gasteiger partial charge in [0, 0.05) is 18.8 Å². The third-order valence-corrected chi connectivity index (χ3v) is 8.78. The maximum absolute atomic E-state index is 11.3. The molecule has 0 spiro atoms. The molecule has 4 aliphatic rings. The number of aliphatic hydroxyl groups is 1. The van der Waals surface area contributed by atoms with Crippen LogP contribution >= 0.6 is 0 Å². The zero-order valence-electron chi connectivity index (χ0n) is 16.4. The molecule has 0 saturated heterocycles. The SMILES string of the molecule is C#C[C@]1(O)CCC2C3CC=C4C[C@@H](OC(C)=O)CC[C@]4(C)C3CC[C@@]21C. The minimum absolute atomic E-state index is 0.0512. The predicted octanol–water partition coefficient (Wildman–Crippen LogP) is 4.25. The minimum atomic E-state index is -0.930. The number of ether oxygens (including phenoxy) is 1. The predicted molar refractivity (Wildman–Crippen MR) is 101 cm³/mol. The number of hydrogen-bond acceptors (Lipinski definition) is 3. The van der Waals surface area contributed by atoms with Crippen molar-refractivity contribution < 1.29 is 14.6 Å². The van der Waals surface area contributed by atoms with Gasteiger partial charge in [-0.3, -0.25) is 4.79 Å². The lowest BCUT2D eigenvalue weighted by molar-refractivity contribution is -0.149. The van der Waals surface area contributed by atoms with Gasteiger partial charge in [0.1, 0.15) is 11.7 Å². The molecule has 142 valence electrons. The van der Waals surface area contributed by atoms with Crippen LogP contribution in [-0.2, 0) is 9.53 Å². The van der Waals surface area contributed by atoms with Crippen LogP contribution < -0.4 is 0 Å². The van der Waals surface area contributed by atoms with Crippen molar-refractivity contribution in [1.82, 2.24) is 0 Å². The highest BCUT2D eigenvalue weighted by atomic mass is 16.5. The minimum Gasteiger partial charge on any atom is -0.462 e. The Kier molecular flexibility index (Phi) is 4.08. The first-order chi connectivity index (χ1) is 12.2. The number of allylic oxidation sites excluding steroid dienone is 1. The van der Waals surface area contributed by atoms with E-state index in [1.54, 1.807) is 0 Å². The first-order valence-corrected chi connectivity index (χ1v) is 10.3. The molecular formula is C23H32O3. The van der Waals surface area contributed by atoms with Crippen molar-refractivity contribution in [3.8, 4) is 12.3 Å². The maximum Gasteiger partial charge on any atom is 0.302 e. The van der Waals surface area contributed by atoms with E-state index in [4.69, 9.17) is 11.2 Å². The van der Waals surface area contributed by atoms with E-state index in [0.29, 0.717) is 17.8 Å². The van der Waals surface area contributed by atoms with Crippen LogP contribution in [0, 0.1) is 40.9 Å². The lowest BCUT2D eigenvalue weighted by Gasteiger charge is -2.58. The Morgan fingerprint density at radius 3 is 2.65 bits per heavy atom. The van der Waals surface area contributed by atoms with Gasteiger partial charge in [-0.25, -0.2) is 0 Å². The van der Waals surface area contributed by atoms with E-state index < -0.39 is 5.60 Å². The first kappa shape index (κ1) is 18.1. The summed E-state index contributed by atoms with van der Waals surface area (Å²) in [5.41, 5.74) is 0.655. The molecule has 0 heterocycles. The quantitative estimate of drug-likeness (QED) is 0.434. The van der Waals surface area contributed by atoms with Gasteiger partial charge in [0.2, 0.25) is 0 Å². The summed E-state index contributed by atoms with van der Waals surface area (Å²) in [6.07, 6.45) is 16.3. The highest BCUT2D eigenvalue weighted by molar-refractivity contribution is 5.66. The second-order valence-corrected chi connectivity index (χ2v) is 9.73. The number of carbonyl (C=O) groups excluding carboxylic acids is 1. The highest BCUT2D eigenvalue weighted by Gasteiger charge is 2.63. The fourth-order valence-electron chi connectivity index (χ4n) is 7.22. The van der Waals surface area contributed by atoms with Gasteiger partial charge in [0.05, 0.1) is 0 Å². The zero-order valence-corrected chi connectivity index (χ0v) is 16.4. The molecule has 0 aromatic heterocycles. The van der Waals surface area contributed by atoms with E-state index in [-0.39, 0.29) is 22.9 Å². The van der Waals surface area contributed by atoms with Crippen LogP contribution in [0.5, 0.6) is 0 Å². The lowest BCUT2D eigenvalue weighted by Crippen LogP contribution is -2.54. The fraction of sp³-hybridized carbons (Fsp3) is 0.783. The number of esters is 1. The van der Waals surface area contributed by atoms with Gasteiger partial charge in [0.25, 0.3) is 0 Å². The van der Waals surface area contributed by atoms with Crippen LogP contribution in [0.25, 0.3) is 0 Å². The van der Waals surface area contributed by atoms with Crippen molar-refractivity contribution in [2.45, 2.75) is 83.8 Å². The third kappa shape index (κ3) is 2.34. The number of fused-ring (bicyclic) bond motifs is 5. The van der Waals surface area contributed by atoms with Gasteiger partial charge >= 0.3 is 5.97 Å². The second-order valence-electron chi connectivity index (χ2n) is 9.73. The smallest absolute Gasteiger partial charge is 0.302 e. The van der Waals surface area contributed by atoms with Crippen LogP contribution in [0.2, 0.25) is 0 Å². The normalized spacial score (nSPS) is 49.9. The van der Waals surface area contributed by atoms with Gasteiger partial charge < -0.3 is 9.84 Å². The van der Waals surface area contributed by atoms with E-state index >= 15 is 0 Å². The molecule has 0 aromatic carbocycles. The Balaban J connectivity index is 1.61. The topological polar surface area (TPSA) is 46.5 Å². The molecular weight excluding hydrogens is 324 g/mol. The number of carbonyl (C=O) groups is 1. The first-order valence-electron chi connectivity index (χ1n) is 10.3. The Morgan fingerprint density at radius 1 is 1.23 bits per heavy atom.